The van der Waals surface area contributed by atoms with Crippen LogP contribution in [-0.2, 0) is 0 Å². The van der Waals surface area contributed by atoms with Crippen LogP contribution < -0.4 is 16.3 Å². The van der Waals surface area contributed by atoms with Crippen LogP contribution in [-0.4, -0.2) is 21.8 Å². The van der Waals surface area contributed by atoms with Crippen LogP contribution in [0.4, 0.5) is 10.5 Å². The number of carbonyl (C=O) groups is 1. The molecule has 0 spiro atoms. The second-order valence-corrected chi connectivity index (χ2v) is 10.4. The zero-order valence-corrected chi connectivity index (χ0v) is 23.5. The third-order valence-electron chi connectivity index (χ3n) is 5.56. The molecule has 0 saturated heterocycles. The van der Waals surface area contributed by atoms with Crippen LogP contribution >= 0.6 is 43.5 Å². The van der Waals surface area contributed by atoms with Crippen LogP contribution in [0.3, 0.4) is 0 Å². The Morgan fingerprint density at radius 3 is 2.37 bits per heavy atom. The monoisotopic (exact) mass is 649 g/mol. The molecule has 0 aliphatic rings. The summed E-state index contributed by atoms with van der Waals surface area (Å²) in [7, 11) is 0. The van der Waals surface area contributed by atoms with Crippen molar-refractivity contribution in [2.24, 2.45) is 5.10 Å². The molecule has 4 aromatic carbocycles. The van der Waals surface area contributed by atoms with E-state index < -0.39 is 6.03 Å². The fraction of sp³-hybridized carbons (Fsp3) is 0. The molecule has 0 bridgehead atoms. The van der Waals surface area contributed by atoms with Crippen LogP contribution in [0.25, 0.3) is 28.0 Å². The van der Waals surface area contributed by atoms with E-state index in [1.807, 2.05) is 36.4 Å². The summed E-state index contributed by atoms with van der Waals surface area (Å²) in [5.74, 6) is 0.501. The number of nitrogens with zero attached hydrogens (tertiary/aromatic N) is 3. The molecule has 0 atom stereocenters. The number of amides is 2. The van der Waals surface area contributed by atoms with Gasteiger partial charge in [0.1, 0.15) is 5.82 Å². The maximum absolute atomic E-state index is 13.7. The number of hydrazone groups is 1. The lowest BCUT2D eigenvalue weighted by Gasteiger charge is -2.15. The molecule has 0 radical (unpaired) electrons. The molecule has 1 heterocycles. The van der Waals surface area contributed by atoms with Crippen LogP contribution in [0, 0.1) is 0 Å². The fourth-order valence-corrected chi connectivity index (χ4v) is 5.24. The highest BCUT2D eigenvalue weighted by Crippen LogP contribution is 2.29. The number of fused-ring (bicyclic) bond motifs is 1. The number of nitrogens with one attached hydrogen (secondary N) is 2. The van der Waals surface area contributed by atoms with E-state index in [-0.39, 0.29) is 5.56 Å². The lowest BCUT2D eigenvalue weighted by atomic mass is 10.1. The largest absolute Gasteiger partial charge is 0.339 e. The molecule has 0 saturated carbocycles. The zero-order chi connectivity index (χ0) is 26.6. The molecular weight excluding hydrogens is 634 g/mol. The smallest absolute Gasteiger partial charge is 0.307 e. The van der Waals surface area contributed by atoms with Gasteiger partial charge >= 0.3 is 6.03 Å². The summed E-state index contributed by atoms with van der Waals surface area (Å²) >= 11 is 12.9. The van der Waals surface area contributed by atoms with Crippen molar-refractivity contribution in [3.8, 4) is 17.1 Å². The first-order valence-electron chi connectivity index (χ1n) is 11.3. The Labute approximate surface area is 239 Å². The molecule has 188 valence electrons. The summed E-state index contributed by atoms with van der Waals surface area (Å²) < 4.78 is 3.04. The summed E-state index contributed by atoms with van der Waals surface area (Å²) in [5.41, 5.74) is 5.50. The van der Waals surface area contributed by atoms with E-state index in [4.69, 9.17) is 16.6 Å². The summed E-state index contributed by atoms with van der Waals surface area (Å²) in [6.45, 7) is 0. The molecule has 0 aliphatic heterocycles. The van der Waals surface area contributed by atoms with Gasteiger partial charge in [0.15, 0.2) is 0 Å². The summed E-state index contributed by atoms with van der Waals surface area (Å²) in [6, 6.07) is 26.6. The van der Waals surface area contributed by atoms with Crippen molar-refractivity contribution in [1.29, 1.82) is 0 Å². The van der Waals surface area contributed by atoms with E-state index in [0.29, 0.717) is 37.6 Å². The Kier molecular flexibility index (Phi) is 7.69. The molecule has 7 nitrogen and oxygen atoms in total. The number of benzene rings is 4. The highest BCUT2D eigenvalue weighted by atomic mass is 79.9. The normalized spacial score (nSPS) is 11.1. The molecule has 10 heteroatoms. The Balaban J connectivity index is 1.44. The number of hydrogen-bond acceptors (Lipinski definition) is 4. The molecule has 38 heavy (non-hydrogen) atoms. The van der Waals surface area contributed by atoms with E-state index in [2.05, 4.69) is 47.7 Å². The van der Waals surface area contributed by atoms with Crippen molar-refractivity contribution in [2.75, 3.05) is 5.32 Å². The Morgan fingerprint density at radius 2 is 1.66 bits per heavy atom. The quantitative estimate of drug-likeness (QED) is 0.154. The topological polar surface area (TPSA) is 88.4 Å². The van der Waals surface area contributed by atoms with E-state index in [1.54, 1.807) is 59.2 Å². The summed E-state index contributed by atoms with van der Waals surface area (Å²) in [4.78, 5) is 30.9. The number of halogens is 3. The minimum atomic E-state index is -0.507. The number of aromatic nitrogens is 2. The van der Waals surface area contributed by atoms with Gasteiger partial charge in [-0.25, -0.2) is 15.2 Å². The highest BCUT2D eigenvalue weighted by molar-refractivity contribution is 9.11. The number of hydrogen-bond donors (Lipinski definition) is 2. The van der Waals surface area contributed by atoms with Crippen molar-refractivity contribution in [1.82, 2.24) is 15.0 Å². The van der Waals surface area contributed by atoms with Gasteiger partial charge in [-0.15, -0.1) is 0 Å². The average molecular weight is 652 g/mol. The second kappa shape index (κ2) is 11.3. The van der Waals surface area contributed by atoms with Crippen molar-refractivity contribution < 1.29 is 4.79 Å². The Bertz CT molecular complexity index is 1720. The molecule has 0 aliphatic carbocycles. The van der Waals surface area contributed by atoms with Gasteiger partial charge in [-0.3, -0.25) is 9.36 Å². The van der Waals surface area contributed by atoms with Gasteiger partial charge in [0.05, 0.1) is 22.8 Å². The predicted molar refractivity (Wildman–Crippen MR) is 159 cm³/mol. The maximum Gasteiger partial charge on any atom is 0.339 e. The van der Waals surface area contributed by atoms with Crippen molar-refractivity contribution in [3.05, 3.63) is 121 Å². The lowest BCUT2D eigenvalue weighted by Crippen LogP contribution is -2.24. The van der Waals surface area contributed by atoms with Crippen LogP contribution in [0.1, 0.15) is 5.56 Å². The second-order valence-electron chi connectivity index (χ2n) is 8.15. The van der Waals surface area contributed by atoms with Gasteiger partial charge in [-0.1, -0.05) is 70.0 Å². The van der Waals surface area contributed by atoms with Crippen molar-refractivity contribution >= 4 is 72.3 Å². The first-order valence-corrected chi connectivity index (χ1v) is 13.3. The molecule has 0 fully saturated rings. The summed E-state index contributed by atoms with van der Waals surface area (Å²) in [6.07, 6.45) is 1.51. The number of urea groups is 1. The van der Waals surface area contributed by atoms with Crippen molar-refractivity contribution in [3.63, 3.8) is 0 Å². The number of anilines is 1. The van der Waals surface area contributed by atoms with E-state index >= 15 is 0 Å². The first kappa shape index (κ1) is 25.8. The molecular formula is C28H18Br2ClN5O2. The molecule has 2 amide bonds. The lowest BCUT2D eigenvalue weighted by molar-refractivity contribution is 0.252. The van der Waals surface area contributed by atoms with E-state index in [0.717, 1.165) is 15.6 Å². The minimum Gasteiger partial charge on any atom is -0.307 e. The third-order valence-corrected chi connectivity index (χ3v) is 6.87. The molecule has 0 unspecified atom stereocenters. The molecule has 5 rings (SSSR count). The van der Waals surface area contributed by atoms with Gasteiger partial charge in [-0.05, 0) is 70.0 Å². The number of carbonyl (C=O) groups excluding carboxylic acids is 1. The standard InChI is InChI=1S/C28H18Br2ClN5O2/c29-19-14-23-25(24(30)15-19)34-26(18-4-2-1-3-5-18)36(27(23)37)22-12-10-21(11-13-22)33-28(38)35-32-16-17-6-8-20(31)9-7-17/h1-16H,(H2,33,35,38)/b32-16+. The maximum atomic E-state index is 13.7. The highest BCUT2D eigenvalue weighted by Gasteiger charge is 2.17. The average Bonchev–Trinajstić information content (AvgIpc) is 2.91. The Hall–Kier alpha value is -3.79. The zero-order valence-electron chi connectivity index (χ0n) is 19.5. The van der Waals surface area contributed by atoms with Gasteiger partial charge in [0, 0.05) is 25.2 Å². The third kappa shape index (κ3) is 5.70. The predicted octanol–water partition coefficient (Wildman–Crippen LogP) is 7.39. The SMILES string of the molecule is O=C(N/N=C/c1ccc(Cl)cc1)Nc1ccc(-n2c(-c3ccccc3)nc3c(Br)cc(Br)cc3c2=O)cc1. The van der Waals surface area contributed by atoms with Gasteiger partial charge < -0.3 is 5.32 Å². The van der Waals surface area contributed by atoms with Gasteiger partial charge in [0.2, 0.25) is 0 Å². The van der Waals surface area contributed by atoms with Crippen LogP contribution in [0.5, 0.6) is 0 Å². The Morgan fingerprint density at radius 1 is 0.947 bits per heavy atom. The van der Waals surface area contributed by atoms with E-state index in [1.165, 1.54) is 6.21 Å². The van der Waals surface area contributed by atoms with Crippen LogP contribution in [0.2, 0.25) is 5.02 Å². The van der Waals surface area contributed by atoms with Crippen molar-refractivity contribution in [2.45, 2.75) is 0 Å². The molecule has 1 aromatic heterocycles. The first-order chi connectivity index (χ1) is 18.4. The minimum absolute atomic E-state index is 0.217. The summed E-state index contributed by atoms with van der Waals surface area (Å²) in [5, 5.41) is 7.75. The van der Waals surface area contributed by atoms with Crippen LogP contribution in [0.15, 0.2) is 110 Å². The van der Waals surface area contributed by atoms with Gasteiger partial charge in [-0.2, -0.15) is 5.10 Å². The molecule has 2 N–H and O–H groups in total. The van der Waals surface area contributed by atoms with E-state index in [9.17, 15) is 9.59 Å². The number of rotatable bonds is 5. The van der Waals surface area contributed by atoms with Gasteiger partial charge in [0.25, 0.3) is 5.56 Å². The fourth-order valence-electron chi connectivity index (χ4n) is 3.80. The molecule has 5 aromatic rings.